The molecule has 0 aliphatic carbocycles. The minimum absolute atomic E-state index is 0.177. The first-order valence-electron chi connectivity index (χ1n) is 5.03. The second-order valence-electron chi connectivity index (χ2n) is 3.27. The Labute approximate surface area is 88.6 Å². The molecule has 0 aliphatic heterocycles. The fourth-order valence-electron chi connectivity index (χ4n) is 1.08. The Bertz CT molecular complexity index is 309. The summed E-state index contributed by atoms with van der Waals surface area (Å²) in [7, 11) is 0. The molecule has 1 rings (SSSR count). The van der Waals surface area contributed by atoms with Crippen LogP contribution < -0.4 is 16.4 Å². The van der Waals surface area contributed by atoms with Crippen LogP contribution in [0.4, 0.5) is 10.6 Å². The molecule has 0 atom stereocenters. The van der Waals surface area contributed by atoms with Crippen molar-refractivity contribution < 1.29 is 4.79 Å². The molecule has 6 heteroatoms. The zero-order chi connectivity index (χ0) is 11.1. The number of H-pyrrole nitrogens is 1. The summed E-state index contributed by atoms with van der Waals surface area (Å²) in [6.45, 7) is 3.16. The lowest BCUT2D eigenvalue weighted by atomic mass is 10.3. The Morgan fingerprint density at radius 3 is 3.00 bits per heavy atom. The molecule has 0 spiro atoms. The summed E-state index contributed by atoms with van der Waals surface area (Å²) in [6, 6.07) is -0.177. The Kier molecular flexibility index (Phi) is 4.46. The molecule has 0 fully saturated rings. The quantitative estimate of drug-likeness (QED) is 0.537. The zero-order valence-electron chi connectivity index (χ0n) is 8.84. The monoisotopic (exact) mass is 211 g/mol. The average Bonchev–Trinajstić information content (AvgIpc) is 2.61. The van der Waals surface area contributed by atoms with E-state index in [0.29, 0.717) is 18.9 Å². The molecule has 0 unspecified atom stereocenters. The number of nitrogens with zero attached hydrogens (tertiary/aromatic N) is 1. The number of unbranched alkanes of at least 4 members (excludes halogenated alkanes) is 1. The van der Waals surface area contributed by atoms with E-state index in [-0.39, 0.29) is 6.03 Å². The van der Waals surface area contributed by atoms with Crippen molar-refractivity contribution in [2.45, 2.75) is 26.3 Å². The van der Waals surface area contributed by atoms with Crippen molar-refractivity contribution in [3.8, 4) is 0 Å². The highest BCUT2D eigenvalue weighted by molar-refractivity contribution is 5.73. The molecule has 0 saturated heterocycles. The van der Waals surface area contributed by atoms with Crippen molar-refractivity contribution in [2.75, 3.05) is 12.3 Å². The molecular weight excluding hydrogens is 194 g/mol. The predicted molar refractivity (Wildman–Crippen MR) is 58.1 cm³/mol. The van der Waals surface area contributed by atoms with E-state index in [4.69, 9.17) is 5.73 Å². The summed E-state index contributed by atoms with van der Waals surface area (Å²) in [4.78, 5) is 11.2. The number of aromatic nitrogens is 2. The minimum atomic E-state index is -0.177. The lowest BCUT2D eigenvalue weighted by molar-refractivity contribution is 0.240. The van der Waals surface area contributed by atoms with Gasteiger partial charge in [-0.15, -0.1) is 0 Å². The van der Waals surface area contributed by atoms with E-state index >= 15 is 0 Å². The largest absolute Gasteiger partial charge is 0.384 e. The number of rotatable bonds is 5. The fourth-order valence-corrected chi connectivity index (χ4v) is 1.08. The third-order valence-electron chi connectivity index (χ3n) is 2.01. The second-order valence-corrected chi connectivity index (χ2v) is 3.27. The molecule has 1 heterocycles. The van der Waals surface area contributed by atoms with E-state index in [2.05, 4.69) is 27.8 Å². The van der Waals surface area contributed by atoms with Gasteiger partial charge in [-0.05, 0) is 6.42 Å². The van der Waals surface area contributed by atoms with Gasteiger partial charge in [0.2, 0.25) is 0 Å². The highest BCUT2D eigenvalue weighted by Crippen LogP contribution is 2.04. The van der Waals surface area contributed by atoms with Crippen molar-refractivity contribution >= 4 is 11.8 Å². The molecular formula is C9H17N5O. The van der Waals surface area contributed by atoms with Crippen LogP contribution in [0.2, 0.25) is 0 Å². The van der Waals surface area contributed by atoms with Crippen LogP contribution in [0.3, 0.4) is 0 Å². The fraction of sp³-hybridized carbons (Fsp3) is 0.556. The van der Waals surface area contributed by atoms with Crippen LogP contribution in [0.1, 0.15) is 25.3 Å². The number of urea groups is 1. The SMILES string of the molecule is CCCCNC(=O)NCc1cn[nH]c1N. The van der Waals surface area contributed by atoms with E-state index < -0.39 is 0 Å². The smallest absolute Gasteiger partial charge is 0.315 e. The van der Waals surface area contributed by atoms with Crippen molar-refractivity contribution in [1.82, 2.24) is 20.8 Å². The maximum atomic E-state index is 11.2. The van der Waals surface area contributed by atoms with Crippen molar-refractivity contribution in [3.05, 3.63) is 11.8 Å². The number of nitrogen functional groups attached to an aromatic ring is 1. The summed E-state index contributed by atoms with van der Waals surface area (Å²) in [5, 5.41) is 11.8. The van der Waals surface area contributed by atoms with Gasteiger partial charge in [-0.3, -0.25) is 5.10 Å². The van der Waals surface area contributed by atoms with Crippen LogP contribution in [0.15, 0.2) is 6.20 Å². The minimum Gasteiger partial charge on any atom is -0.384 e. The Morgan fingerprint density at radius 1 is 1.60 bits per heavy atom. The number of nitrogens with one attached hydrogen (secondary N) is 3. The molecule has 1 aromatic heterocycles. The van der Waals surface area contributed by atoms with Crippen molar-refractivity contribution in [3.63, 3.8) is 0 Å². The van der Waals surface area contributed by atoms with Gasteiger partial charge in [0.05, 0.1) is 6.20 Å². The number of carbonyl (C=O) groups excluding carboxylic acids is 1. The van der Waals surface area contributed by atoms with Gasteiger partial charge in [0.15, 0.2) is 0 Å². The first-order valence-corrected chi connectivity index (χ1v) is 5.03. The molecule has 0 radical (unpaired) electrons. The predicted octanol–water partition coefficient (Wildman–Crippen LogP) is 0.591. The topological polar surface area (TPSA) is 95.8 Å². The van der Waals surface area contributed by atoms with Gasteiger partial charge < -0.3 is 16.4 Å². The average molecular weight is 211 g/mol. The second kappa shape index (κ2) is 5.90. The molecule has 1 aromatic rings. The standard InChI is InChI=1S/C9H17N5O/c1-2-3-4-11-9(15)12-5-7-6-13-14-8(7)10/h6H,2-5H2,1H3,(H3,10,13,14)(H2,11,12,15). The maximum absolute atomic E-state index is 11.2. The van der Waals surface area contributed by atoms with Crippen LogP contribution in [-0.2, 0) is 6.54 Å². The highest BCUT2D eigenvalue weighted by atomic mass is 16.2. The number of hydrogen-bond donors (Lipinski definition) is 4. The summed E-state index contributed by atoms with van der Waals surface area (Å²) in [5.74, 6) is 0.490. The van der Waals surface area contributed by atoms with Gasteiger partial charge in [0.1, 0.15) is 5.82 Å². The van der Waals surface area contributed by atoms with E-state index in [1.54, 1.807) is 6.20 Å². The van der Waals surface area contributed by atoms with E-state index in [9.17, 15) is 4.79 Å². The zero-order valence-corrected chi connectivity index (χ0v) is 8.84. The van der Waals surface area contributed by atoms with Gasteiger partial charge in [-0.2, -0.15) is 5.10 Å². The molecule has 5 N–H and O–H groups in total. The van der Waals surface area contributed by atoms with Gasteiger partial charge in [-0.25, -0.2) is 4.79 Å². The molecule has 15 heavy (non-hydrogen) atoms. The third-order valence-corrected chi connectivity index (χ3v) is 2.01. The first kappa shape index (κ1) is 11.4. The Hall–Kier alpha value is -1.72. The molecule has 0 saturated carbocycles. The van der Waals surface area contributed by atoms with Crippen LogP contribution in [-0.4, -0.2) is 22.8 Å². The summed E-state index contributed by atoms with van der Waals surface area (Å²) in [6.07, 6.45) is 3.65. The summed E-state index contributed by atoms with van der Waals surface area (Å²) in [5.41, 5.74) is 6.35. The summed E-state index contributed by atoms with van der Waals surface area (Å²) >= 11 is 0. The van der Waals surface area contributed by atoms with E-state index in [0.717, 1.165) is 18.4 Å². The van der Waals surface area contributed by atoms with Gasteiger partial charge in [-0.1, -0.05) is 13.3 Å². The number of anilines is 1. The molecule has 2 amide bonds. The van der Waals surface area contributed by atoms with Crippen LogP contribution >= 0.6 is 0 Å². The number of nitrogens with two attached hydrogens (primary N) is 1. The third kappa shape index (κ3) is 3.88. The Balaban J connectivity index is 2.20. The number of amides is 2. The Morgan fingerprint density at radius 2 is 2.40 bits per heavy atom. The van der Waals surface area contributed by atoms with Crippen LogP contribution in [0.5, 0.6) is 0 Å². The maximum Gasteiger partial charge on any atom is 0.315 e. The number of aromatic amines is 1. The molecule has 0 aromatic carbocycles. The van der Waals surface area contributed by atoms with Crippen molar-refractivity contribution in [1.29, 1.82) is 0 Å². The van der Waals surface area contributed by atoms with E-state index in [1.807, 2.05) is 0 Å². The lowest BCUT2D eigenvalue weighted by Gasteiger charge is -2.05. The molecule has 0 aliphatic rings. The number of carbonyl (C=O) groups is 1. The van der Waals surface area contributed by atoms with Gasteiger partial charge in [0, 0.05) is 18.7 Å². The van der Waals surface area contributed by atoms with Crippen LogP contribution in [0, 0.1) is 0 Å². The lowest BCUT2D eigenvalue weighted by Crippen LogP contribution is -2.35. The first-order chi connectivity index (χ1) is 7.24. The van der Waals surface area contributed by atoms with Gasteiger partial charge in [0.25, 0.3) is 0 Å². The normalized spacial score (nSPS) is 9.93. The molecule has 0 bridgehead atoms. The summed E-state index contributed by atoms with van der Waals surface area (Å²) < 4.78 is 0. The van der Waals surface area contributed by atoms with Crippen molar-refractivity contribution in [2.24, 2.45) is 0 Å². The van der Waals surface area contributed by atoms with E-state index in [1.165, 1.54) is 0 Å². The van der Waals surface area contributed by atoms with Crippen LogP contribution in [0.25, 0.3) is 0 Å². The van der Waals surface area contributed by atoms with Gasteiger partial charge >= 0.3 is 6.03 Å². The molecule has 84 valence electrons. The number of hydrogen-bond acceptors (Lipinski definition) is 3. The highest BCUT2D eigenvalue weighted by Gasteiger charge is 2.03. The molecule has 6 nitrogen and oxygen atoms in total.